The molecule has 1 saturated carbocycles. The molecule has 3 rings (SSSR count). The number of anilines is 1. The average molecular weight is 419 g/mol. The normalized spacial score (nSPS) is 22.7. The fourth-order valence-electron chi connectivity index (χ4n) is 4.19. The maximum Gasteiger partial charge on any atom is 0.329 e. The quantitative estimate of drug-likeness (QED) is 0.609. The van der Waals surface area contributed by atoms with Crippen molar-refractivity contribution in [2.24, 2.45) is 5.92 Å². The van der Waals surface area contributed by atoms with Crippen LogP contribution >= 0.6 is 11.8 Å². The zero-order valence-corrected chi connectivity index (χ0v) is 18.7. The van der Waals surface area contributed by atoms with E-state index >= 15 is 0 Å². The second-order valence-corrected chi connectivity index (χ2v) is 9.57. The number of urea groups is 1. The van der Waals surface area contributed by atoms with Crippen LogP contribution in [0.5, 0.6) is 0 Å². The smallest absolute Gasteiger partial charge is 0.329 e. The largest absolute Gasteiger partial charge is 0.464 e. The summed E-state index contributed by atoms with van der Waals surface area (Å²) in [5.74, 6) is 1.24. The first kappa shape index (κ1) is 22.0. The number of amides is 2. The number of carbonyl (C=O) groups excluding carboxylic acids is 2. The Morgan fingerprint density at radius 2 is 1.86 bits per heavy atom. The van der Waals surface area contributed by atoms with Gasteiger partial charge in [-0.2, -0.15) is 0 Å². The third-order valence-electron chi connectivity index (χ3n) is 5.87. The van der Waals surface area contributed by atoms with E-state index in [4.69, 9.17) is 4.74 Å². The highest BCUT2D eigenvalue weighted by Gasteiger charge is 2.45. The first-order valence-electron chi connectivity index (χ1n) is 11.0. The molecule has 1 heterocycles. The number of rotatable bonds is 6. The average Bonchev–Trinajstić information content (AvgIpc) is 3.18. The third kappa shape index (κ3) is 5.47. The van der Waals surface area contributed by atoms with E-state index in [1.165, 1.54) is 24.8 Å². The Labute approximate surface area is 178 Å². The standard InChI is InChI=1S/C23H34N2O3S/c1-4-14-28-22(26)20-15-29-21(18-8-6-5-7-9-18)25(20)23(27)24-19-12-10-17(11-13-19)16(2)3/h10-13,16,18,20-21H,4-9,14-15H2,1-3H3,(H,24,27). The number of ether oxygens (including phenoxy) is 1. The molecule has 1 aliphatic carbocycles. The molecule has 6 heteroatoms. The summed E-state index contributed by atoms with van der Waals surface area (Å²) in [5.41, 5.74) is 2.00. The molecule has 1 aliphatic heterocycles. The lowest BCUT2D eigenvalue weighted by atomic mass is 9.88. The molecule has 29 heavy (non-hydrogen) atoms. The third-order valence-corrected chi connectivity index (χ3v) is 7.33. The van der Waals surface area contributed by atoms with E-state index < -0.39 is 6.04 Å². The van der Waals surface area contributed by atoms with E-state index in [0.29, 0.717) is 24.2 Å². The van der Waals surface area contributed by atoms with Crippen LogP contribution in [-0.4, -0.2) is 40.7 Å². The van der Waals surface area contributed by atoms with Crippen LogP contribution in [0.1, 0.15) is 70.8 Å². The van der Waals surface area contributed by atoms with Crippen molar-refractivity contribution in [1.29, 1.82) is 0 Å². The fraction of sp³-hybridized carbons (Fsp3) is 0.652. The van der Waals surface area contributed by atoms with Crippen LogP contribution in [0.2, 0.25) is 0 Å². The van der Waals surface area contributed by atoms with Crippen LogP contribution in [0.15, 0.2) is 24.3 Å². The van der Waals surface area contributed by atoms with Crippen LogP contribution in [-0.2, 0) is 9.53 Å². The van der Waals surface area contributed by atoms with Gasteiger partial charge < -0.3 is 10.1 Å². The van der Waals surface area contributed by atoms with Crippen molar-refractivity contribution >= 4 is 29.4 Å². The zero-order valence-electron chi connectivity index (χ0n) is 17.9. The SMILES string of the molecule is CCCOC(=O)C1CSC(C2CCCCC2)N1C(=O)Nc1ccc(C(C)C)cc1. The molecular formula is C23H34N2O3S. The van der Waals surface area contributed by atoms with Crippen molar-refractivity contribution < 1.29 is 14.3 Å². The molecule has 2 atom stereocenters. The first-order valence-corrected chi connectivity index (χ1v) is 12.0. The molecule has 2 aliphatic rings. The van der Waals surface area contributed by atoms with Gasteiger partial charge >= 0.3 is 12.0 Å². The van der Waals surface area contributed by atoms with E-state index in [0.717, 1.165) is 24.9 Å². The van der Waals surface area contributed by atoms with E-state index in [-0.39, 0.29) is 17.4 Å². The van der Waals surface area contributed by atoms with Gasteiger partial charge in [-0.1, -0.05) is 52.2 Å². The monoisotopic (exact) mass is 418 g/mol. The van der Waals surface area contributed by atoms with Gasteiger partial charge in [-0.05, 0) is 48.8 Å². The van der Waals surface area contributed by atoms with Crippen LogP contribution in [0, 0.1) is 5.92 Å². The van der Waals surface area contributed by atoms with Gasteiger partial charge in [-0.15, -0.1) is 11.8 Å². The van der Waals surface area contributed by atoms with E-state index in [1.54, 1.807) is 16.7 Å². The number of benzene rings is 1. The minimum Gasteiger partial charge on any atom is -0.464 e. The number of carbonyl (C=O) groups is 2. The fourth-order valence-corrected chi connectivity index (χ4v) is 5.81. The van der Waals surface area contributed by atoms with E-state index in [2.05, 4.69) is 19.2 Å². The maximum absolute atomic E-state index is 13.3. The van der Waals surface area contributed by atoms with Gasteiger partial charge in [-0.25, -0.2) is 9.59 Å². The Kier molecular flexibility index (Phi) is 7.87. The van der Waals surface area contributed by atoms with Crippen molar-refractivity contribution in [3.63, 3.8) is 0 Å². The summed E-state index contributed by atoms with van der Waals surface area (Å²) in [6, 6.07) is 7.28. The number of nitrogens with zero attached hydrogens (tertiary/aromatic N) is 1. The molecule has 2 amide bonds. The molecule has 2 fully saturated rings. The van der Waals surface area contributed by atoms with Crippen LogP contribution in [0.25, 0.3) is 0 Å². The number of nitrogens with one attached hydrogen (secondary N) is 1. The molecule has 160 valence electrons. The van der Waals surface area contributed by atoms with E-state index in [1.807, 2.05) is 31.2 Å². The van der Waals surface area contributed by atoms with Crippen molar-refractivity contribution in [1.82, 2.24) is 4.90 Å². The summed E-state index contributed by atoms with van der Waals surface area (Å²) in [6.07, 6.45) is 6.72. The second-order valence-electron chi connectivity index (χ2n) is 8.42. The summed E-state index contributed by atoms with van der Waals surface area (Å²) in [5, 5.41) is 3.07. The van der Waals surface area contributed by atoms with E-state index in [9.17, 15) is 9.59 Å². The highest BCUT2D eigenvalue weighted by Crippen LogP contribution is 2.41. The molecule has 0 bridgehead atoms. The zero-order chi connectivity index (χ0) is 20.8. The Morgan fingerprint density at radius 3 is 2.48 bits per heavy atom. The van der Waals surface area contributed by atoms with Crippen molar-refractivity contribution in [2.75, 3.05) is 17.7 Å². The minimum absolute atomic E-state index is 0.0458. The lowest BCUT2D eigenvalue weighted by Gasteiger charge is -2.35. The molecule has 0 radical (unpaired) electrons. The summed E-state index contributed by atoms with van der Waals surface area (Å²) in [6.45, 7) is 6.68. The molecular weight excluding hydrogens is 384 g/mol. The molecule has 0 spiro atoms. The van der Waals surface area contributed by atoms with Gasteiger partial charge in [0.1, 0.15) is 6.04 Å². The van der Waals surface area contributed by atoms with Crippen molar-refractivity contribution in [3.8, 4) is 0 Å². The number of esters is 1. The molecule has 2 unspecified atom stereocenters. The van der Waals surface area contributed by atoms with Crippen molar-refractivity contribution in [3.05, 3.63) is 29.8 Å². The predicted octanol–water partition coefficient (Wildman–Crippen LogP) is 5.62. The summed E-state index contributed by atoms with van der Waals surface area (Å²) in [7, 11) is 0. The van der Waals surface area contributed by atoms with Gasteiger partial charge in [0, 0.05) is 11.4 Å². The number of thioether (sulfide) groups is 1. The van der Waals surface area contributed by atoms with Gasteiger partial charge in [0.2, 0.25) is 0 Å². The Bertz CT molecular complexity index is 686. The Balaban J connectivity index is 1.75. The van der Waals surface area contributed by atoms with Crippen LogP contribution < -0.4 is 5.32 Å². The van der Waals surface area contributed by atoms with Gasteiger partial charge in [0.25, 0.3) is 0 Å². The van der Waals surface area contributed by atoms with Crippen LogP contribution in [0.3, 0.4) is 0 Å². The molecule has 1 N–H and O–H groups in total. The first-order chi connectivity index (χ1) is 14.0. The Morgan fingerprint density at radius 1 is 1.17 bits per heavy atom. The highest BCUT2D eigenvalue weighted by molar-refractivity contribution is 8.00. The lowest BCUT2D eigenvalue weighted by molar-refractivity contribution is -0.148. The van der Waals surface area contributed by atoms with Gasteiger partial charge in [0.15, 0.2) is 0 Å². The number of hydrogen-bond acceptors (Lipinski definition) is 4. The van der Waals surface area contributed by atoms with Gasteiger partial charge in [-0.3, -0.25) is 4.90 Å². The molecule has 5 nitrogen and oxygen atoms in total. The molecule has 1 aromatic carbocycles. The second kappa shape index (κ2) is 10.4. The molecule has 1 saturated heterocycles. The minimum atomic E-state index is -0.506. The molecule has 0 aromatic heterocycles. The Hall–Kier alpha value is -1.69. The summed E-state index contributed by atoms with van der Waals surface area (Å²) >= 11 is 1.74. The van der Waals surface area contributed by atoms with Crippen LogP contribution in [0.4, 0.5) is 10.5 Å². The topological polar surface area (TPSA) is 58.6 Å². The maximum atomic E-state index is 13.3. The number of hydrogen-bond donors (Lipinski definition) is 1. The highest BCUT2D eigenvalue weighted by atomic mass is 32.2. The summed E-state index contributed by atoms with van der Waals surface area (Å²) < 4.78 is 5.41. The van der Waals surface area contributed by atoms with Gasteiger partial charge in [0.05, 0.1) is 12.0 Å². The van der Waals surface area contributed by atoms with Crippen molar-refractivity contribution in [2.45, 2.75) is 76.6 Å². The molecule has 1 aromatic rings. The predicted molar refractivity (Wildman–Crippen MR) is 119 cm³/mol. The summed E-state index contributed by atoms with van der Waals surface area (Å²) in [4.78, 5) is 27.7. The lowest BCUT2D eigenvalue weighted by Crippen LogP contribution is -2.50.